The fourth-order valence-corrected chi connectivity index (χ4v) is 2.79. The molecule has 0 fully saturated rings. The molecule has 0 rings (SSSR count). The van der Waals surface area contributed by atoms with E-state index in [1.165, 1.54) is 12.8 Å². The van der Waals surface area contributed by atoms with Crippen LogP contribution in [-0.2, 0) is 0 Å². The van der Waals surface area contributed by atoms with E-state index in [-0.39, 0.29) is 5.41 Å². The van der Waals surface area contributed by atoms with Crippen LogP contribution in [0.3, 0.4) is 0 Å². The SMILES string of the molecule is CCC(CC)N(CC(C)C)CC(CC)(CC)CO. The minimum absolute atomic E-state index is 0.0947. The standard InChI is InChI=1S/C16H35NO/c1-7-15(8-2)17(11-14(5)6)12-16(9-3,10-4)13-18/h14-15,18H,7-13H2,1-6H3. The Labute approximate surface area is 115 Å². The second-order valence-electron chi connectivity index (χ2n) is 6.16. The van der Waals surface area contributed by atoms with E-state index in [2.05, 4.69) is 46.4 Å². The number of aliphatic hydroxyl groups excluding tert-OH is 1. The Morgan fingerprint density at radius 3 is 1.78 bits per heavy atom. The summed E-state index contributed by atoms with van der Waals surface area (Å²) in [6, 6.07) is 0.663. The molecule has 0 unspecified atom stereocenters. The first-order valence-electron chi connectivity index (χ1n) is 7.83. The molecule has 2 nitrogen and oxygen atoms in total. The average molecular weight is 257 g/mol. The Morgan fingerprint density at radius 2 is 1.50 bits per heavy atom. The molecule has 18 heavy (non-hydrogen) atoms. The van der Waals surface area contributed by atoms with E-state index in [0.717, 1.165) is 25.9 Å². The topological polar surface area (TPSA) is 23.5 Å². The van der Waals surface area contributed by atoms with Gasteiger partial charge in [-0.2, -0.15) is 0 Å². The zero-order valence-electron chi connectivity index (χ0n) is 13.5. The van der Waals surface area contributed by atoms with Crippen LogP contribution >= 0.6 is 0 Å². The molecule has 0 aromatic carbocycles. The summed E-state index contributed by atoms with van der Waals surface area (Å²) in [6.07, 6.45) is 4.54. The van der Waals surface area contributed by atoms with Crippen molar-refractivity contribution < 1.29 is 5.11 Å². The highest BCUT2D eigenvalue weighted by Gasteiger charge is 2.30. The average Bonchev–Trinajstić information content (AvgIpc) is 2.36. The van der Waals surface area contributed by atoms with Crippen molar-refractivity contribution in [1.82, 2.24) is 4.90 Å². The number of hydrogen-bond acceptors (Lipinski definition) is 2. The Hall–Kier alpha value is -0.0800. The zero-order chi connectivity index (χ0) is 14.2. The van der Waals surface area contributed by atoms with Crippen LogP contribution in [0.4, 0.5) is 0 Å². The van der Waals surface area contributed by atoms with Crippen molar-refractivity contribution in [2.45, 2.75) is 73.3 Å². The van der Waals surface area contributed by atoms with Crippen molar-refractivity contribution in [1.29, 1.82) is 0 Å². The van der Waals surface area contributed by atoms with Crippen molar-refractivity contribution in [2.24, 2.45) is 11.3 Å². The fraction of sp³-hybridized carbons (Fsp3) is 1.00. The van der Waals surface area contributed by atoms with Crippen molar-refractivity contribution in [3.8, 4) is 0 Å². The predicted molar refractivity (Wildman–Crippen MR) is 80.9 cm³/mol. The van der Waals surface area contributed by atoms with Gasteiger partial charge in [0, 0.05) is 31.2 Å². The second-order valence-corrected chi connectivity index (χ2v) is 6.16. The van der Waals surface area contributed by atoms with E-state index >= 15 is 0 Å². The first kappa shape index (κ1) is 17.9. The van der Waals surface area contributed by atoms with Crippen molar-refractivity contribution in [3.05, 3.63) is 0 Å². The van der Waals surface area contributed by atoms with E-state index < -0.39 is 0 Å². The van der Waals surface area contributed by atoms with Gasteiger partial charge in [0.15, 0.2) is 0 Å². The third-order valence-electron chi connectivity index (χ3n) is 4.43. The van der Waals surface area contributed by atoms with Gasteiger partial charge in [0.1, 0.15) is 0 Å². The van der Waals surface area contributed by atoms with Crippen molar-refractivity contribution in [3.63, 3.8) is 0 Å². The van der Waals surface area contributed by atoms with Gasteiger partial charge in [-0.25, -0.2) is 0 Å². The van der Waals surface area contributed by atoms with Crippen LogP contribution in [0.15, 0.2) is 0 Å². The summed E-state index contributed by atoms with van der Waals surface area (Å²) in [5.41, 5.74) is 0.0947. The molecule has 0 aliphatic heterocycles. The molecule has 110 valence electrons. The minimum atomic E-state index is 0.0947. The fourth-order valence-electron chi connectivity index (χ4n) is 2.79. The maximum atomic E-state index is 9.76. The van der Waals surface area contributed by atoms with Crippen molar-refractivity contribution in [2.75, 3.05) is 19.7 Å². The van der Waals surface area contributed by atoms with Gasteiger partial charge in [0.25, 0.3) is 0 Å². The lowest BCUT2D eigenvalue weighted by molar-refractivity contribution is 0.0387. The Balaban J connectivity index is 4.84. The van der Waals surface area contributed by atoms with Gasteiger partial charge in [0.2, 0.25) is 0 Å². The second kappa shape index (κ2) is 8.92. The number of aliphatic hydroxyl groups is 1. The lowest BCUT2D eigenvalue weighted by Crippen LogP contribution is -2.46. The molecule has 0 saturated carbocycles. The van der Waals surface area contributed by atoms with Gasteiger partial charge in [-0.3, -0.25) is 4.90 Å². The molecule has 0 spiro atoms. The summed E-state index contributed by atoms with van der Waals surface area (Å²) in [5, 5.41) is 9.76. The summed E-state index contributed by atoms with van der Waals surface area (Å²) in [5.74, 6) is 0.690. The molecule has 0 bridgehead atoms. The Kier molecular flexibility index (Phi) is 8.89. The van der Waals surface area contributed by atoms with Crippen LogP contribution in [-0.4, -0.2) is 35.7 Å². The molecule has 0 aromatic rings. The maximum Gasteiger partial charge on any atom is 0.0499 e. The highest BCUT2D eigenvalue weighted by atomic mass is 16.3. The molecular weight excluding hydrogens is 222 g/mol. The van der Waals surface area contributed by atoms with Gasteiger partial charge in [-0.15, -0.1) is 0 Å². The number of rotatable bonds is 10. The highest BCUT2D eigenvalue weighted by Crippen LogP contribution is 2.29. The van der Waals surface area contributed by atoms with Crippen LogP contribution in [0, 0.1) is 11.3 Å². The van der Waals surface area contributed by atoms with Crippen LogP contribution < -0.4 is 0 Å². The molecule has 1 N–H and O–H groups in total. The molecule has 0 heterocycles. The van der Waals surface area contributed by atoms with Gasteiger partial charge in [-0.05, 0) is 31.6 Å². The van der Waals surface area contributed by atoms with E-state index in [4.69, 9.17) is 0 Å². The number of nitrogens with zero attached hydrogens (tertiary/aromatic N) is 1. The van der Waals surface area contributed by atoms with E-state index in [1.54, 1.807) is 0 Å². The third kappa shape index (κ3) is 5.27. The molecule has 0 saturated heterocycles. The minimum Gasteiger partial charge on any atom is -0.396 e. The lowest BCUT2D eigenvalue weighted by atomic mass is 9.82. The van der Waals surface area contributed by atoms with E-state index in [9.17, 15) is 5.11 Å². The number of hydrogen-bond donors (Lipinski definition) is 1. The summed E-state index contributed by atoms with van der Waals surface area (Å²) < 4.78 is 0. The molecule has 0 aliphatic carbocycles. The smallest absolute Gasteiger partial charge is 0.0499 e. The monoisotopic (exact) mass is 257 g/mol. The maximum absolute atomic E-state index is 9.76. The molecule has 2 heteroatoms. The largest absolute Gasteiger partial charge is 0.396 e. The normalized spacial score (nSPS) is 13.0. The van der Waals surface area contributed by atoms with Crippen molar-refractivity contribution >= 4 is 0 Å². The Morgan fingerprint density at radius 1 is 1.00 bits per heavy atom. The van der Waals surface area contributed by atoms with Crippen LogP contribution in [0.5, 0.6) is 0 Å². The molecular formula is C16H35NO. The molecule has 0 aliphatic rings. The van der Waals surface area contributed by atoms with Crippen LogP contribution in [0.2, 0.25) is 0 Å². The first-order chi connectivity index (χ1) is 8.48. The van der Waals surface area contributed by atoms with Gasteiger partial charge >= 0.3 is 0 Å². The van der Waals surface area contributed by atoms with Gasteiger partial charge in [0.05, 0.1) is 0 Å². The first-order valence-corrected chi connectivity index (χ1v) is 7.83. The predicted octanol–water partition coefficient (Wildman–Crippen LogP) is 3.93. The summed E-state index contributed by atoms with van der Waals surface area (Å²) in [4.78, 5) is 2.62. The van der Waals surface area contributed by atoms with E-state index in [1.807, 2.05) is 0 Å². The summed E-state index contributed by atoms with van der Waals surface area (Å²) in [6.45, 7) is 16.0. The van der Waals surface area contributed by atoms with Gasteiger partial charge < -0.3 is 5.11 Å². The molecule has 0 amide bonds. The zero-order valence-corrected chi connectivity index (χ0v) is 13.5. The quantitative estimate of drug-likeness (QED) is 0.641. The van der Waals surface area contributed by atoms with Crippen LogP contribution in [0.1, 0.15) is 67.2 Å². The van der Waals surface area contributed by atoms with Gasteiger partial charge in [-0.1, -0.05) is 41.5 Å². The molecule has 0 aromatic heterocycles. The third-order valence-corrected chi connectivity index (χ3v) is 4.43. The highest BCUT2D eigenvalue weighted by molar-refractivity contribution is 4.83. The Bertz CT molecular complexity index is 187. The lowest BCUT2D eigenvalue weighted by Gasteiger charge is -2.40. The van der Waals surface area contributed by atoms with Crippen LogP contribution in [0.25, 0.3) is 0 Å². The van der Waals surface area contributed by atoms with E-state index in [0.29, 0.717) is 18.6 Å². The molecule has 0 radical (unpaired) electrons. The summed E-state index contributed by atoms with van der Waals surface area (Å²) >= 11 is 0. The molecule has 0 atom stereocenters. The summed E-state index contributed by atoms with van der Waals surface area (Å²) in [7, 11) is 0.